The molecule has 4 N–H and O–H groups in total. The summed E-state index contributed by atoms with van der Waals surface area (Å²) >= 11 is 0. The Balaban J connectivity index is 0.000000707. The van der Waals surface area contributed by atoms with Crippen LogP contribution in [0.2, 0.25) is 0 Å². The zero-order chi connectivity index (χ0) is 34.3. The first-order valence-electron chi connectivity index (χ1n) is 13.8. The van der Waals surface area contributed by atoms with Crippen molar-refractivity contribution < 1.29 is 59.7 Å². The third kappa shape index (κ3) is 8.55. The minimum Gasteiger partial charge on any atom is -0.487 e. The molecule has 252 valence electrons. The van der Waals surface area contributed by atoms with Crippen LogP contribution in [-0.4, -0.2) is 70.8 Å². The lowest BCUT2D eigenvalue weighted by molar-refractivity contribution is -0.192. The van der Waals surface area contributed by atoms with Crippen molar-refractivity contribution in [3.63, 3.8) is 0 Å². The molecule has 17 heteroatoms. The molecule has 1 aliphatic carbocycles. The number of hydrogen-bond donors (Lipinski definition) is 3. The molecule has 3 aliphatic rings. The number of nitrogens with one attached hydrogen (secondary N) is 1. The average Bonchev–Trinajstić information content (AvgIpc) is 3.64. The van der Waals surface area contributed by atoms with E-state index in [1.807, 2.05) is 13.8 Å². The molecule has 0 bridgehead atoms. The summed E-state index contributed by atoms with van der Waals surface area (Å²) in [5.74, 6) is -5.58. The van der Waals surface area contributed by atoms with E-state index in [1.165, 1.54) is 12.0 Å². The topological polar surface area (TPSA) is 144 Å². The maximum Gasteiger partial charge on any atom is 0.490 e. The lowest BCUT2D eigenvalue weighted by Gasteiger charge is -2.39. The van der Waals surface area contributed by atoms with Gasteiger partial charge in [0.2, 0.25) is 11.8 Å². The molecule has 10 nitrogen and oxygen atoms in total. The maximum absolute atomic E-state index is 14.9. The van der Waals surface area contributed by atoms with E-state index in [-0.39, 0.29) is 36.2 Å². The first-order chi connectivity index (χ1) is 20.5. The van der Waals surface area contributed by atoms with Gasteiger partial charge in [0.05, 0.1) is 29.1 Å². The van der Waals surface area contributed by atoms with E-state index in [0.717, 1.165) is 6.07 Å². The summed E-state index contributed by atoms with van der Waals surface area (Å²) in [7, 11) is 1.53. The molecule has 4 atom stereocenters. The number of alkyl halides is 6. The van der Waals surface area contributed by atoms with Crippen molar-refractivity contribution in [2.24, 2.45) is 22.6 Å². The molecule has 0 saturated heterocycles. The van der Waals surface area contributed by atoms with E-state index >= 15 is 0 Å². The Morgan fingerprint density at radius 2 is 1.80 bits per heavy atom. The Morgan fingerprint density at radius 3 is 2.31 bits per heavy atom. The van der Waals surface area contributed by atoms with Crippen LogP contribution < -0.4 is 15.8 Å². The average molecular weight is 657 g/mol. The van der Waals surface area contributed by atoms with Crippen LogP contribution in [0.15, 0.2) is 17.1 Å². The van der Waals surface area contributed by atoms with Crippen molar-refractivity contribution in [3.05, 3.63) is 29.1 Å². The normalized spacial score (nSPS) is 24.3. The van der Waals surface area contributed by atoms with Gasteiger partial charge < -0.3 is 25.6 Å². The lowest BCUT2D eigenvalue weighted by Crippen LogP contribution is -2.55. The Kier molecular flexibility index (Phi) is 10.1. The zero-order valence-corrected chi connectivity index (χ0v) is 25.1. The van der Waals surface area contributed by atoms with E-state index < -0.39 is 70.5 Å². The molecule has 0 radical (unpaired) electrons. The van der Waals surface area contributed by atoms with E-state index in [9.17, 15) is 40.3 Å². The van der Waals surface area contributed by atoms with Crippen molar-refractivity contribution in [3.8, 4) is 5.75 Å². The molecule has 2 heterocycles. The molecule has 1 aromatic carbocycles. The number of halogens is 7. The Hall–Kier alpha value is -3.63. The molecular weight excluding hydrogens is 621 g/mol. The molecule has 2 amide bonds. The minimum absolute atomic E-state index is 0.0771. The van der Waals surface area contributed by atoms with E-state index in [2.05, 4.69) is 10.3 Å². The Labute approximate surface area is 254 Å². The van der Waals surface area contributed by atoms with Crippen LogP contribution in [0.25, 0.3) is 0 Å². The number of nitrogens with zero attached hydrogens (tertiary/aromatic N) is 2. The van der Waals surface area contributed by atoms with Crippen LogP contribution in [-0.2, 0) is 25.3 Å². The fourth-order valence-corrected chi connectivity index (χ4v) is 5.60. The van der Waals surface area contributed by atoms with Crippen LogP contribution in [0.3, 0.4) is 0 Å². The van der Waals surface area contributed by atoms with Crippen LogP contribution in [0.1, 0.15) is 70.5 Å². The summed E-state index contributed by atoms with van der Waals surface area (Å²) in [6.45, 7) is 7.12. The second kappa shape index (κ2) is 12.6. The van der Waals surface area contributed by atoms with Gasteiger partial charge in [0.1, 0.15) is 17.2 Å². The monoisotopic (exact) mass is 656 g/mol. The number of amides is 2. The molecule has 4 rings (SSSR count). The quantitative estimate of drug-likeness (QED) is 0.365. The van der Waals surface area contributed by atoms with Crippen molar-refractivity contribution in [2.75, 3.05) is 13.7 Å². The number of rotatable bonds is 7. The van der Waals surface area contributed by atoms with E-state index in [4.69, 9.17) is 25.1 Å². The Bertz CT molecular complexity index is 1350. The molecular formula is C28H35F7N4O6. The van der Waals surface area contributed by atoms with Gasteiger partial charge in [0, 0.05) is 32.1 Å². The second-order valence-corrected chi connectivity index (χ2v) is 12.3. The number of benzene rings is 1. The highest BCUT2D eigenvalue weighted by Gasteiger charge is 2.53. The smallest absolute Gasteiger partial charge is 0.487 e. The van der Waals surface area contributed by atoms with Gasteiger partial charge in [-0.25, -0.2) is 14.2 Å². The largest absolute Gasteiger partial charge is 0.490 e. The Morgan fingerprint density at radius 1 is 1.20 bits per heavy atom. The molecule has 1 unspecified atom stereocenters. The summed E-state index contributed by atoms with van der Waals surface area (Å²) in [4.78, 5) is 41.1. The zero-order valence-electron chi connectivity index (χ0n) is 25.1. The predicted molar refractivity (Wildman–Crippen MR) is 144 cm³/mol. The summed E-state index contributed by atoms with van der Waals surface area (Å²) in [5.41, 5.74) is 3.05. The fraction of sp³-hybridized carbons (Fsp3) is 0.643. The summed E-state index contributed by atoms with van der Waals surface area (Å²) < 4.78 is 98.4. The number of carboxylic acids is 1. The standard InChI is InChI=1S/C26H34F4N4O4.C2HF3O2/c1-24(2)12-19(35)34(23(31)33-24)18(8-9-37-5)13-10-14(13)22(36)32-17-11-25(3,4)38-21-15(26(28,29)30)6-7-16(27)20(17)21;3-2(4,5)1(6)7/h6-7,13-14,17-18H,8-12H2,1-5H3,(H2,31,33)(H,32,36);(H,6,7)/t13-,14-,17?,18+;/m1./s1. The van der Waals surface area contributed by atoms with Crippen molar-refractivity contribution >= 4 is 23.7 Å². The predicted octanol–water partition coefficient (Wildman–Crippen LogP) is 4.56. The maximum atomic E-state index is 14.9. The van der Waals surface area contributed by atoms with E-state index in [1.54, 1.807) is 13.8 Å². The molecule has 0 aromatic heterocycles. The summed E-state index contributed by atoms with van der Waals surface area (Å²) in [6.07, 6.45) is -8.74. The molecule has 1 saturated carbocycles. The highest BCUT2D eigenvalue weighted by Crippen LogP contribution is 2.49. The van der Waals surface area contributed by atoms with Gasteiger partial charge in [-0.3, -0.25) is 14.5 Å². The lowest BCUT2D eigenvalue weighted by atomic mass is 9.87. The first kappa shape index (κ1) is 35.8. The van der Waals surface area contributed by atoms with Gasteiger partial charge in [0.25, 0.3) is 0 Å². The van der Waals surface area contributed by atoms with Crippen molar-refractivity contribution in [2.45, 2.75) is 89.0 Å². The van der Waals surface area contributed by atoms with Crippen molar-refractivity contribution in [1.82, 2.24) is 10.2 Å². The SMILES string of the molecule is COCC[C@@H]([C@@H]1C[C@H]1C(=O)NC1CC(C)(C)Oc2c(C(F)(F)F)ccc(F)c21)N1C(=O)CC(C)(C)N=C1N.O=C(O)C(F)(F)F. The van der Waals surface area contributed by atoms with Crippen LogP contribution >= 0.6 is 0 Å². The summed E-state index contributed by atoms with van der Waals surface area (Å²) in [6, 6.07) is -0.0695. The first-order valence-corrected chi connectivity index (χ1v) is 13.8. The number of carbonyl (C=O) groups excluding carboxylic acids is 2. The van der Waals surface area contributed by atoms with Gasteiger partial charge in [-0.1, -0.05) is 0 Å². The highest BCUT2D eigenvalue weighted by molar-refractivity contribution is 5.99. The molecule has 1 aromatic rings. The molecule has 45 heavy (non-hydrogen) atoms. The number of guanidine groups is 1. The number of hydrogen-bond acceptors (Lipinski definition) is 7. The fourth-order valence-electron chi connectivity index (χ4n) is 5.60. The van der Waals surface area contributed by atoms with Crippen LogP contribution in [0.4, 0.5) is 30.7 Å². The number of carbonyl (C=O) groups is 3. The third-order valence-electron chi connectivity index (χ3n) is 7.57. The highest BCUT2D eigenvalue weighted by atomic mass is 19.4. The van der Waals surface area contributed by atoms with Gasteiger partial charge in [-0.15, -0.1) is 0 Å². The van der Waals surface area contributed by atoms with Gasteiger partial charge in [-0.05, 0) is 58.6 Å². The number of carboxylic acid groups (broad SMARTS) is 1. The molecule has 1 fully saturated rings. The third-order valence-corrected chi connectivity index (χ3v) is 7.57. The van der Waals surface area contributed by atoms with Crippen LogP contribution in [0.5, 0.6) is 5.75 Å². The second-order valence-electron chi connectivity index (χ2n) is 12.3. The minimum atomic E-state index is -5.08. The number of aliphatic imine (C=N–C) groups is 1. The van der Waals surface area contributed by atoms with Gasteiger partial charge in [0.15, 0.2) is 5.96 Å². The number of aliphatic carboxylic acids is 1. The van der Waals surface area contributed by atoms with Gasteiger partial charge in [-0.2, -0.15) is 26.3 Å². The number of methoxy groups -OCH3 is 1. The van der Waals surface area contributed by atoms with Crippen LogP contribution in [0, 0.1) is 17.7 Å². The van der Waals surface area contributed by atoms with Gasteiger partial charge >= 0.3 is 18.3 Å². The number of nitrogens with two attached hydrogens (primary N) is 1. The van der Waals surface area contributed by atoms with Crippen molar-refractivity contribution in [1.29, 1.82) is 0 Å². The number of ether oxygens (including phenoxy) is 2. The molecule has 0 spiro atoms. The van der Waals surface area contributed by atoms with E-state index in [0.29, 0.717) is 25.5 Å². The summed E-state index contributed by atoms with van der Waals surface area (Å²) in [5, 5.41) is 9.89. The molecule has 2 aliphatic heterocycles. The number of fused-ring (bicyclic) bond motifs is 1.